The zero-order chi connectivity index (χ0) is 14.5. The third kappa shape index (κ3) is 3.38. The number of benzene rings is 1. The molecule has 0 aliphatic carbocycles. The van der Waals surface area contributed by atoms with Crippen molar-refractivity contribution in [3.05, 3.63) is 35.9 Å². The van der Waals surface area contributed by atoms with Gasteiger partial charge < -0.3 is 10.6 Å². The zero-order valence-corrected chi connectivity index (χ0v) is 12.5. The number of likely N-dealkylation sites (N-methyl/N-ethyl adjacent to an activating group) is 1. The van der Waals surface area contributed by atoms with Gasteiger partial charge in [0.25, 0.3) is 0 Å². The van der Waals surface area contributed by atoms with Gasteiger partial charge in [0.1, 0.15) is 0 Å². The Morgan fingerprint density at radius 3 is 2.45 bits per heavy atom. The van der Waals surface area contributed by atoms with Crippen molar-refractivity contribution in [3.8, 4) is 0 Å². The first-order valence-electron chi connectivity index (χ1n) is 7.48. The van der Waals surface area contributed by atoms with Gasteiger partial charge in [0.2, 0.25) is 5.91 Å². The van der Waals surface area contributed by atoms with Gasteiger partial charge in [0, 0.05) is 25.6 Å². The van der Waals surface area contributed by atoms with E-state index in [1.54, 1.807) is 0 Å². The molecule has 1 heterocycles. The first-order chi connectivity index (χ1) is 9.65. The second-order valence-electron chi connectivity index (χ2n) is 5.41. The van der Waals surface area contributed by atoms with Crippen molar-refractivity contribution in [3.63, 3.8) is 0 Å². The Kier molecular flexibility index (Phi) is 5.15. The number of likely N-dealkylation sites (tertiary alicyclic amines) is 1. The lowest BCUT2D eigenvalue weighted by atomic mass is 10.0. The molecule has 110 valence electrons. The summed E-state index contributed by atoms with van der Waals surface area (Å²) >= 11 is 0. The van der Waals surface area contributed by atoms with Gasteiger partial charge >= 0.3 is 0 Å². The predicted octanol–water partition coefficient (Wildman–Crippen LogP) is 1.63. The molecule has 1 amide bonds. The van der Waals surface area contributed by atoms with Gasteiger partial charge in [-0.2, -0.15) is 0 Å². The van der Waals surface area contributed by atoms with Crippen LogP contribution in [0.5, 0.6) is 0 Å². The zero-order valence-electron chi connectivity index (χ0n) is 12.5. The lowest BCUT2D eigenvalue weighted by molar-refractivity contribution is -0.128. The van der Waals surface area contributed by atoms with Crippen LogP contribution in [-0.4, -0.2) is 47.9 Å². The van der Waals surface area contributed by atoms with Gasteiger partial charge in [-0.1, -0.05) is 44.2 Å². The van der Waals surface area contributed by atoms with E-state index in [2.05, 4.69) is 43.0 Å². The van der Waals surface area contributed by atoms with E-state index in [9.17, 15) is 4.79 Å². The van der Waals surface area contributed by atoms with Crippen LogP contribution < -0.4 is 5.73 Å². The molecule has 2 rings (SSSR count). The van der Waals surface area contributed by atoms with Crippen LogP contribution >= 0.6 is 0 Å². The minimum Gasteiger partial charge on any atom is -0.339 e. The highest BCUT2D eigenvalue weighted by Crippen LogP contribution is 2.23. The van der Waals surface area contributed by atoms with Crippen LogP contribution in [0.3, 0.4) is 0 Å². The molecule has 0 spiro atoms. The molecule has 4 nitrogen and oxygen atoms in total. The van der Waals surface area contributed by atoms with Crippen LogP contribution in [0.15, 0.2) is 30.3 Å². The van der Waals surface area contributed by atoms with Crippen molar-refractivity contribution in [1.29, 1.82) is 0 Å². The second kappa shape index (κ2) is 6.86. The Hall–Kier alpha value is -1.39. The highest BCUT2D eigenvalue weighted by atomic mass is 16.2. The van der Waals surface area contributed by atoms with Gasteiger partial charge in [-0.05, 0) is 18.7 Å². The predicted molar refractivity (Wildman–Crippen MR) is 81.3 cm³/mol. The van der Waals surface area contributed by atoms with Gasteiger partial charge in [-0.3, -0.25) is 9.69 Å². The van der Waals surface area contributed by atoms with Crippen LogP contribution in [0, 0.1) is 0 Å². The van der Waals surface area contributed by atoms with E-state index in [1.807, 2.05) is 11.0 Å². The Bertz CT molecular complexity index is 431. The summed E-state index contributed by atoms with van der Waals surface area (Å²) < 4.78 is 0. The number of amides is 1. The first kappa shape index (κ1) is 15.0. The van der Waals surface area contributed by atoms with E-state index >= 15 is 0 Å². The van der Waals surface area contributed by atoms with Crippen molar-refractivity contribution in [1.82, 2.24) is 9.80 Å². The Morgan fingerprint density at radius 1 is 1.30 bits per heavy atom. The normalized spacial score (nSPS) is 20.7. The van der Waals surface area contributed by atoms with Gasteiger partial charge in [0.05, 0.1) is 6.04 Å². The van der Waals surface area contributed by atoms with E-state index in [-0.39, 0.29) is 18.0 Å². The molecule has 0 aromatic heterocycles. The molecule has 1 saturated heterocycles. The average Bonchev–Trinajstić information content (AvgIpc) is 2.78. The summed E-state index contributed by atoms with van der Waals surface area (Å²) in [4.78, 5) is 16.3. The molecular formula is C16H25N3O. The van der Waals surface area contributed by atoms with Gasteiger partial charge in [-0.15, -0.1) is 0 Å². The van der Waals surface area contributed by atoms with E-state index in [4.69, 9.17) is 5.73 Å². The third-order valence-corrected chi connectivity index (χ3v) is 4.08. The van der Waals surface area contributed by atoms with E-state index < -0.39 is 0 Å². The van der Waals surface area contributed by atoms with E-state index in [0.717, 1.165) is 19.6 Å². The number of nitrogens with zero attached hydrogens (tertiary/aromatic N) is 2. The summed E-state index contributed by atoms with van der Waals surface area (Å²) in [7, 11) is 0. The molecule has 1 aliphatic rings. The minimum atomic E-state index is -0.00405. The molecule has 2 unspecified atom stereocenters. The molecule has 1 fully saturated rings. The molecule has 2 N–H and O–H groups in total. The van der Waals surface area contributed by atoms with Crippen molar-refractivity contribution in [2.24, 2.45) is 5.73 Å². The summed E-state index contributed by atoms with van der Waals surface area (Å²) in [5.74, 6) is 0.186. The lowest BCUT2D eigenvalue weighted by Crippen LogP contribution is -2.39. The second-order valence-corrected chi connectivity index (χ2v) is 5.41. The Balaban J connectivity index is 2.17. The van der Waals surface area contributed by atoms with Crippen LogP contribution in [0.25, 0.3) is 0 Å². The van der Waals surface area contributed by atoms with Crippen LogP contribution in [0.1, 0.15) is 31.9 Å². The molecule has 0 bridgehead atoms. The molecule has 20 heavy (non-hydrogen) atoms. The standard InChI is InChI=1S/C16H25N3O/c1-3-18(4-2)15(13-8-6-5-7-9-13)12-19-11-14(17)10-16(19)20/h5-9,14-15H,3-4,10-12,17H2,1-2H3. The molecule has 1 aromatic carbocycles. The highest BCUT2D eigenvalue weighted by Gasteiger charge is 2.30. The van der Waals surface area contributed by atoms with E-state index in [1.165, 1.54) is 5.56 Å². The maximum absolute atomic E-state index is 12.0. The molecule has 1 aliphatic heterocycles. The topological polar surface area (TPSA) is 49.6 Å². The minimum absolute atomic E-state index is 0.00405. The molecular weight excluding hydrogens is 250 g/mol. The SMILES string of the molecule is CCN(CC)C(CN1CC(N)CC1=O)c1ccccc1. The lowest BCUT2D eigenvalue weighted by Gasteiger charge is -2.33. The maximum atomic E-state index is 12.0. The maximum Gasteiger partial charge on any atom is 0.224 e. The summed E-state index contributed by atoms with van der Waals surface area (Å²) in [5.41, 5.74) is 7.16. The third-order valence-electron chi connectivity index (χ3n) is 4.08. The fourth-order valence-corrected chi connectivity index (χ4v) is 2.96. The largest absolute Gasteiger partial charge is 0.339 e. The summed E-state index contributed by atoms with van der Waals surface area (Å²) in [6, 6.07) is 10.7. The van der Waals surface area contributed by atoms with Crippen molar-refractivity contribution in [2.45, 2.75) is 32.4 Å². The number of carbonyl (C=O) groups excluding carboxylic acids is 1. The van der Waals surface area contributed by atoms with Crippen LogP contribution in [0.4, 0.5) is 0 Å². The fourth-order valence-electron chi connectivity index (χ4n) is 2.96. The number of hydrogen-bond acceptors (Lipinski definition) is 3. The van der Waals surface area contributed by atoms with E-state index in [0.29, 0.717) is 13.0 Å². The molecule has 4 heteroatoms. The summed E-state index contributed by atoms with van der Waals surface area (Å²) in [5, 5.41) is 0. The smallest absolute Gasteiger partial charge is 0.224 e. The summed E-state index contributed by atoms with van der Waals surface area (Å²) in [6.07, 6.45) is 0.486. The van der Waals surface area contributed by atoms with Crippen molar-refractivity contribution >= 4 is 5.91 Å². The van der Waals surface area contributed by atoms with Gasteiger partial charge in [0.15, 0.2) is 0 Å². The Labute approximate surface area is 121 Å². The number of nitrogens with two attached hydrogens (primary N) is 1. The number of hydrogen-bond donors (Lipinski definition) is 1. The molecule has 2 atom stereocenters. The average molecular weight is 275 g/mol. The molecule has 1 aromatic rings. The van der Waals surface area contributed by atoms with Crippen LogP contribution in [-0.2, 0) is 4.79 Å². The van der Waals surface area contributed by atoms with Crippen molar-refractivity contribution in [2.75, 3.05) is 26.2 Å². The highest BCUT2D eigenvalue weighted by molar-refractivity contribution is 5.79. The quantitative estimate of drug-likeness (QED) is 0.858. The first-order valence-corrected chi connectivity index (χ1v) is 7.48. The van der Waals surface area contributed by atoms with Crippen molar-refractivity contribution < 1.29 is 4.79 Å². The fraction of sp³-hybridized carbons (Fsp3) is 0.562. The van der Waals surface area contributed by atoms with Crippen LogP contribution in [0.2, 0.25) is 0 Å². The van der Waals surface area contributed by atoms with Gasteiger partial charge in [-0.25, -0.2) is 0 Å². The summed E-state index contributed by atoms with van der Waals surface area (Å²) in [6.45, 7) is 7.70. The molecule has 0 saturated carbocycles. The monoisotopic (exact) mass is 275 g/mol. The number of carbonyl (C=O) groups is 1. The number of rotatable bonds is 6. The Morgan fingerprint density at radius 2 is 1.95 bits per heavy atom. The molecule has 0 radical (unpaired) electrons.